The second-order valence-corrected chi connectivity index (χ2v) is 16.8. The lowest BCUT2D eigenvalue weighted by atomic mass is 10.1. The Morgan fingerprint density at radius 3 is 1.07 bits per heavy atom. The van der Waals surface area contributed by atoms with Gasteiger partial charge in [-0.15, -0.1) is 0 Å². The van der Waals surface area contributed by atoms with E-state index in [4.69, 9.17) is 14.2 Å². The number of hydrogen-bond donors (Lipinski definition) is 0. The van der Waals surface area contributed by atoms with E-state index in [-0.39, 0.29) is 37.5 Å². The van der Waals surface area contributed by atoms with Crippen LogP contribution in [0.15, 0.2) is 72.9 Å². The van der Waals surface area contributed by atoms with Crippen molar-refractivity contribution in [2.45, 2.75) is 245 Å². The van der Waals surface area contributed by atoms with E-state index in [1.807, 2.05) is 48.6 Å². The summed E-state index contributed by atoms with van der Waals surface area (Å²) >= 11 is 0. The van der Waals surface area contributed by atoms with Gasteiger partial charge < -0.3 is 14.2 Å². The van der Waals surface area contributed by atoms with Gasteiger partial charge in [0.25, 0.3) is 0 Å². The van der Waals surface area contributed by atoms with Gasteiger partial charge in [-0.25, -0.2) is 0 Å². The van der Waals surface area contributed by atoms with Crippen LogP contribution in [0.2, 0.25) is 0 Å². The summed E-state index contributed by atoms with van der Waals surface area (Å²) in [6.07, 6.45) is 61.8. The Balaban J connectivity index is 4.38. The zero-order valence-electron chi connectivity index (χ0n) is 39.9. The highest BCUT2D eigenvalue weighted by Crippen LogP contribution is 2.14. The lowest BCUT2D eigenvalue weighted by molar-refractivity contribution is -0.167. The maximum absolute atomic E-state index is 12.7. The highest BCUT2D eigenvalue weighted by molar-refractivity contribution is 5.71. The number of hydrogen-bond acceptors (Lipinski definition) is 6. The first-order valence-electron chi connectivity index (χ1n) is 25.5. The molecule has 0 spiro atoms. The molecule has 0 aliphatic carbocycles. The van der Waals surface area contributed by atoms with Crippen LogP contribution in [-0.2, 0) is 28.6 Å². The Hall–Kier alpha value is -3.15. The molecule has 0 fully saturated rings. The molecule has 0 aliphatic rings. The van der Waals surface area contributed by atoms with Gasteiger partial charge in [0, 0.05) is 19.3 Å². The average Bonchev–Trinajstić information content (AvgIpc) is 3.26. The summed E-state index contributed by atoms with van der Waals surface area (Å²) < 4.78 is 16.7. The SMILES string of the molecule is CC\C=C/C=C\C=C/C=C\C=C/CCCCCC(=O)OC(COC(=O)CCCCCCCCC/C=C\CCCCCCCCCC)COC(=O)CCCCCCCCCCC. The number of ether oxygens (including phenoxy) is 3. The van der Waals surface area contributed by atoms with Crippen LogP contribution in [0.3, 0.4) is 0 Å². The Morgan fingerprint density at radius 2 is 0.656 bits per heavy atom. The third kappa shape index (κ3) is 47.7. The van der Waals surface area contributed by atoms with Crippen LogP contribution in [0.4, 0.5) is 0 Å². The molecule has 0 bridgehead atoms. The molecule has 6 heteroatoms. The maximum Gasteiger partial charge on any atom is 0.306 e. The lowest BCUT2D eigenvalue weighted by Gasteiger charge is -2.18. The summed E-state index contributed by atoms with van der Waals surface area (Å²) in [7, 11) is 0. The van der Waals surface area contributed by atoms with E-state index in [1.54, 1.807) is 0 Å². The van der Waals surface area contributed by atoms with Crippen LogP contribution in [0, 0.1) is 0 Å². The van der Waals surface area contributed by atoms with Crippen LogP contribution >= 0.6 is 0 Å². The van der Waals surface area contributed by atoms with Crippen LogP contribution in [0.1, 0.15) is 239 Å². The van der Waals surface area contributed by atoms with Gasteiger partial charge >= 0.3 is 17.9 Å². The molecule has 0 aromatic rings. The largest absolute Gasteiger partial charge is 0.462 e. The van der Waals surface area contributed by atoms with Gasteiger partial charge in [-0.1, -0.05) is 229 Å². The molecule has 0 rings (SSSR count). The van der Waals surface area contributed by atoms with Crippen LogP contribution in [-0.4, -0.2) is 37.2 Å². The molecule has 6 nitrogen and oxygen atoms in total. The molecule has 0 amide bonds. The van der Waals surface area contributed by atoms with Gasteiger partial charge in [-0.2, -0.15) is 0 Å². The van der Waals surface area contributed by atoms with Crippen LogP contribution in [0.25, 0.3) is 0 Å². The van der Waals surface area contributed by atoms with Crippen molar-refractivity contribution in [3.63, 3.8) is 0 Å². The maximum atomic E-state index is 12.7. The molecule has 350 valence electrons. The van der Waals surface area contributed by atoms with Gasteiger partial charge in [0.05, 0.1) is 0 Å². The van der Waals surface area contributed by atoms with Crippen molar-refractivity contribution in [1.29, 1.82) is 0 Å². The monoisotopic (exact) mass is 851 g/mol. The molecule has 0 radical (unpaired) electrons. The fraction of sp³-hybridized carbons (Fsp3) is 0.727. The van der Waals surface area contributed by atoms with Crippen molar-refractivity contribution in [3.05, 3.63) is 72.9 Å². The number of carbonyl (C=O) groups excluding carboxylic acids is 3. The fourth-order valence-electron chi connectivity index (χ4n) is 6.99. The molecule has 0 aromatic carbocycles. The summed E-state index contributed by atoms with van der Waals surface area (Å²) in [5, 5.41) is 0. The fourth-order valence-corrected chi connectivity index (χ4v) is 6.99. The highest BCUT2D eigenvalue weighted by Gasteiger charge is 2.19. The number of unbranched alkanes of at least 4 members (excludes halogenated alkanes) is 26. The average molecular weight is 851 g/mol. The number of allylic oxidation sites excluding steroid dienone is 12. The summed E-state index contributed by atoms with van der Waals surface area (Å²) in [5.41, 5.74) is 0. The Kier molecular flexibility index (Phi) is 46.9. The van der Waals surface area contributed by atoms with Crippen LogP contribution < -0.4 is 0 Å². The third-order valence-corrected chi connectivity index (χ3v) is 10.8. The van der Waals surface area contributed by atoms with Gasteiger partial charge in [0.1, 0.15) is 13.2 Å². The first kappa shape index (κ1) is 57.9. The van der Waals surface area contributed by atoms with Crippen molar-refractivity contribution < 1.29 is 28.6 Å². The molecule has 61 heavy (non-hydrogen) atoms. The summed E-state index contributed by atoms with van der Waals surface area (Å²) in [6.45, 7) is 6.44. The molecular weight excluding hydrogens is 757 g/mol. The van der Waals surface area contributed by atoms with E-state index in [9.17, 15) is 14.4 Å². The predicted octanol–water partition coefficient (Wildman–Crippen LogP) is 16.6. The summed E-state index contributed by atoms with van der Waals surface area (Å²) in [5.74, 6) is -0.941. The zero-order valence-corrected chi connectivity index (χ0v) is 39.9. The topological polar surface area (TPSA) is 78.9 Å². The van der Waals surface area contributed by atoms with Crippen LogP contribution in [0.5, 0.6) is 0 Å². The minimum absolute atomic E-state index is 0.0932. The summed E-state index contributed by atoms with van der Waals surface area (Å²) in [6, 6.07) is 0. The predicted molar refractivity (Wildman–Crippen MR) is 261 cm³/mol. The lowest BCUT2D eigenvalue weighted by Crippen LogP contribution is -2.30. The van der Waals surface area contributed by atoms with Gasteiger partial charge in [-0.05, 0) is 64.2 Å². The van der Waals surface area contributed by atoms with E-state index in [0.717, 1.165) is 64.2 Å². The number of carbonyl (C=O) groups is 3. The minimum Gasteiger partial charge on any atom is -0.462 e. The second-order valence-electron chi connectivity index (χ2n) is 16.8. The van der Waals surface area contributed by atoms with E-state index in [1.165, 1.54) is 128 Å². The highest BCUT2D eigenvalue weighted by atomic mass is 16.6. The van der Waals surface area contributed by atoms with Crippen molar-refractivity contribution in [3.8, 4) is 0 Å². The normalized spacial score (nSPS) is 12.6. The molecule has 1 atom stereocenters. The number of rotatable bonds is 45. The zero-order chi connectivity index (χ0) is 44.4. The van der Waals surface area contributed by atoms with E-state index < -0.39 is 6.10 Å². The van der Waals surface area contributed by atoms with Crippen molar-refractivity contribution in [2.75, 3.05) is 13.2 Å². The standard InChI is InChI=1S/C55H94O6/c1-4-7-10-13-16-19-21-23-25-26-27-28-30-31-33-36-39-42-45-48-54(57)60-51-52(50-59-53(56)47-44-41-38-35-18-15-12-9-6-3)61-55(58)49-46-43-40-37-34-32-29-24-22-20-17-14-11-8-5-2/h8,11,14,17,20,22,24,26-27,29,32,34,52H,4-7,9-10,12-13,15-16,18-19,21,23,25,28,30-31,33,35-51H2,1-3H3/b11-8-,17-14-,22-20-,27-26-,29-24-,34-32-. The first-order chi connectivity index (χ1) is 30.0. The smallest absolute Gasteiger partial charge is 0.306 e. The van der Waals surface area contributed by atoms with E-state index >= 15 is 0 Å². The van der Waals surface area contributed by atoms with Gasteiger partial charge in [-0.3, -0.25) is 14.4 Å². The molecule has 0 heterocycles. The summed E-state index contributed by atoms with van der Waals surface area (Å²) in [4.78, 5) is 37.9. The minimum atomic E-state index is -0.796. The molecule has 0 N–H and O–H groups in total. The Morgan fingerprint density at radius 1 is 0.344 bits per heavy atom. The quantitative estimate of drug-likeness (QED) is 0.0200. The Labute approximate surface area is 376 Å². The van der Waals surface area contributed by atoms with Crippen molar-refractivity contribution >= 4 is 17.9 Å². The van der Waals surface area contributed by atoms with Crippen molar-refractivity contribution in [1.82, 2.24) is 0 Å². The number of esters is 3. The molecule has 1 unspecified atom stereocenters. The van der Waals surface area contributed by atoms with E-state index in [2.05, 4.69) is 45.1 Å². The first-order valence-corrected chi connectivity index (χ1v) is 25.5. The Bertz CT molecular complexity index is 1160. The van der Waals surface area contributed by atoms with E-state index in [0.29, 0.717) is 19.3 Å². The van der Waals surface area contributed by atoms with Gasteiger partial charge in [0.2, 0.25) is 0 Å². The third-order valence-electron chi connectivity index (χ3n) is 10.8. The molecule has 0 aromatic heterocycles. The molecule has 0 saturated heterocycles. The van der Waals surface area contributed by atoms with Gasteiger partial charge in [0.15, 0.2) is 6.10 Å². The molecule has 0 aliphatic heterocycles. The second kappa shape index (κ2) is 49.5. The van der Waals surface area contributed by atoms with Crippen molar-refractivity contribution in [2.24, 2.45) is 0 Å². The molecular formula is C55H94O6. The molecule has 0 saturated carbocycles.